The van der Waals surface area contributed by atoms with E-state index in [2.05, 4.69) is 4.98 Å². The van der Waals surface area contributed by atoms with Crippen molar-refractivity contribution in [2.75, 3.05) is 6.61 Å². The Morgan fingerprint density at radius 3 is 2.39 bits per heavy atom. The molecule has 1 aromatic heterocycles. The van der Waals surface area contributed by atoms with Gasteiger partial charge in [-0.3, -0.25) is 9.19 Å². The highest BCUT2D eigenvalue weighted by Crippen LogP contribution is 2.27. The monoisotopic (exact) mass is 330 g/mol. The number of nitrogens with zero attached hydrogens (tertiary/aromatic N) is 1. The summed E-state index contributed by atoms with van der Waals surface area (Å²) in [5.41, 5.74) is 2.09. The second kappa shape index (κ2) is 8.36. The fourth-order valence-electron chi connectivity index (χ4n) is 2.09. The number of carbonyl (C=O) groups excluding carboxylic acids is 1. The average Bonchev–Trinajstić information content (AvgIpc) is 2.55. The molecular weight excluding hydrogens is 314 g/mol. The van der Waals surface area contributed by atoms with Crippen LogP contribution in [0.5, 0.6) is 0 Å². The van der Waals surface area contributed by atoms with Crippen molar-refractivity contribution >= 4 is 23.1 Å². The van der Waals surface area contributed by atoms with Crippen molar-refractivity contribution in [3.63, 3.8) is 0 Å². The molecule has 5 nitrogen and oxygen atoms in total. The van der Waals surface area contributed by atoms with Crippen molar-refractivity contribution in [3.8, 4) is 0 Å². The zero-order valence-electron chi connectivity index (χ0n) is 12.5. The predicted molar refractivity (Wildman–Crippen MR) is 87.1 cm³/mol. The van der Waals surface area contributed by atoms with E-state index in [0.717, 1.165) is 5.56 Å². The molecule has 2 rings (SSSR count). The summed E-state index contributed by atoms with van der Waals surface area (Å²) < 4.78 is 28.0. The lowest BCUT2D eigenvalue weighted by molar-refractivity contribution is -0.137. The molecule has 0 bridgehead atoms. The second-order valence-corrected chi connectivity index (χ2v) is 5.67. The minimum Gasteiger partial charge on any atom is -0.772 e. The fourth-order valence-corrected chi connectivity index (χ4v) is 2.85. The largest absolute Gasteiger partial charge is 0.772 e. The van der Waals surface area contributed by atoms with Crippen LogP contribution in [0.1, 0.15) is 28.9 Å². The first-order chi connectivity index (χ1) is 11.1. The van der Waals surface area contributed by atoms with Crippen LogP contribution in [-0.2, 0) is 20.6 Å². The van der Waals surface area contributed by atoms with Crippen LogP contribution in [0.2, 0.25) is 0 Å². The van der Waals surface area contributed by atoms with E-state index in [-0.39, 0.29) is 0 Å². The number of esters is 1. The lowest BCUT2D eigenvalue weighted by atomic mass is 10.0. The van der Waals surface area contributed by atoms with Gasteiger partial charge in [0.2, 0.25) is 0 Å². The smallest absolute Gasteiger partial charge is 0.330 e. The zero-order chi connectivity index (χ0) is 16.7. The quantitative estimate of drug-likeness (QED) is 0.462. The van der Waals surface area contributed by atoms with Crippen LogP contribution in [0, 0.1) is 0 Å². The maximum Gasteiger partial charge on any atom is 0.330 e. The van der Waals surface area contributed by atoms with Crippen LogP contribution in [0.25, 0.3) is 6.08 Å². The molecule has 0 saturated heterocycles. The highest BCUT2D eigenvalue weighted by molar-refractivity contribution is 7.79. The van der Waals surface area contributed by atoms with Gasteiger partial charge in [0.25, 0.3) is 0 Å². The first-order valence-corrected chi connectivity index (χ1v) is 8.18. The van der Waals surface area contributed by atoms with Crippen LogP contribution < -0.4 is 0 Å². The highest BCUT2D eigenvalue weighted by Gasteiger charge is 2.14. The van der Waals surface area contributed by atoms with Gasteiger partial charge < -0.3 is 9.29 Å². The molecule has 2 aromatic rings. The minimum absolute atomic E-state index is 0.324. The van der Waals surface area contributed by atoms with Crippen molar-refractivity contribution in [2.24, 2.45) is 0 Å². The lowest BCUT2D eigenvalue weighted by Crippen LogP contribution is -2.07. The van der Waals surface area contributed by atoms with Crippen molar-refractivity contribution in [2.45, 2.75) is 12.2 Å². The maximum atomic E-state index is 11.6. The summed E-state index contributed by atoms with van der Waals surface area (Å²) in [5, 5.41) is -0.749. The third kappa shape index (κ3) is 4.84. The van der Waals surface area contributed by atoms with E-state index in [1.807, 2.05) is 0 Å². The van der Waals surface area contributed by atoms with E-state index in [9.17, 15) is 13.6 Å². The second-order valence-electron chi connectivity index (χ2n) is 4.67. The number of ether oxygens (including phenoxy) is 1. The molecule has 0 aliphatic rings. The van der Waals surface area contributed by atoms with E-state index >= 15 is 0 Å². The van der Waals surface area contributed by atoms with Gasteiger partial charge in [0.15, 0.2) is 0 Å². The normalized spacial score (nSPS) is 13.7. The fraction of sp³-hybridized carbons (Fsp3) is 0.176. The molecule has 0 amide bonds. The van der Waals surface area contributed by atoms with Crippen molar-refractivity contribution in [1.29, 1.82) is 0 Å². The summed E-state index contributed by atoms with van der Waals surface area (Å²) in [6.07, 6.45) is 6.08. The van der Waals surface area contributed by atoms with Gasteiger partial charge in [-0.15, -0.1) is 0 Å². The Balaban J connectivity index is 2.20. The Hall–Kier alpha value is -2.31. The van der Waals surface area contributed by atoms with Crippen LogP contribution in [-0.4, -0.2) is 26.3 Å². The number of carbonyl (C=O) groups is 1. The van der Waals surface area contributed by atoms with Crippen molar-refractivity contribution in [3.05, 3.63) is 71.6 Å². The standard InChI is InChI=1S/C17H17NO4S/c1-2-22-16(19)8-5-13-3-6-14(7-4-13)17(23(20)21)15-9-11-18-12-10-15/h3-12,17H,2H2,1H3,(H,20,21)/p-1. The first-order valence-electron chi connectivity index (χ1n) is 7.04. The molecule has 0 fully saturated rings. The molecule has 0 radical (unpaired) electrons. The van der Waals surface area contributed by atoms with Crippen molar-refractivity contribution in [1.82, 2.24) is 4.98 Å². The molecule has 0 aliphatic heterocycles. The Morgan fingerprint density at radius 2 is 1.83 bits per heavy atom. The van der Waals surface area contributed by atoms with Crippen LogP contribution >= 0.6 is 0 Å². The van der Waals surface area contributed by atoms with E-state index in [1.165, 1.54) is 6.08 Å². The molecule has 1 heterocycles. The maximum absolute atomic E-state index is 11.6. The van der Waals surface area contributed by atoms with Gasteiger partial charge >= 0.3 is 5.97 Å². The summed E-state index contributed by atoms with van der Waals surface area (Å²) in [6, 6.07) is 10.3. The van der Waals surface area contributed by atoms with Gasteiger partial charge in [0, 0.05) is 18.5 Å². The average molecular weight is 330 g/mol. The molecule has 0 saturated carbocycles. The third-order valence-electron chi connectivity index (χ3n) is 3.14. The molecule has 2 unspecified atom stereocenters. The predicted octanol–water partition coefficient (Wildman–Crippen LogP) is 2.63. The van der Waals surface area contributed by atoms with Crippen LogP contribution in [0.15, 0.2) is 54.9 Å². The van der Waals surface area contributed by atoms with E-state index in [0.29, 0.717) is 17.7 Å². The van der Waals surface area contributed by atoms with Gasteiger partial charge in [-0.1, -0.05) is 24.3 Å². The number of hydrogen-bond donors (Lipinski definition) is 0. The SMILES string of the molecule is CCOC(=O)C=Cc1ccc(C(c2ccncc2)S(=O)[O-])cc1. The first kappa shape index (κ1) is 17.1. The van der Waals surface area contributed by atoms with Gasteiger partial charge in [-0.25, -0.2) is 4.79 Å². The Morgan fingerprint density at radius 1 is 1.22 bits per heavy atom. The third-order valence-corrected chi connectivity index (χ3v) is 4.07. The molecule has 6 heteroatoms. The molecule has 2 atom stereocenters. The lowest BCUT2D eigenvalue weighted by Gasteiger charge is -2.20. The number of benzene rings is 1. The Bertz CT molecular complexity index is 698. The Labute approximate surface area is 137 Å². The molecule has 23 heavy (non-hydrogen) atoms. The highest BCUT2D eigenvalue weighted by atomic mass is 32.2. The zero-order valence-corrected chi connectivity index (χ0v) is 13.4. The molecule has 0 aliphatic carbocycles. The summed E-state index contributed by atoms with van der Waals surface area (Å²) in [6.45, 7) is 2.06. The number of hydrogen-bond acceptors (Lipinski definition) is 5. The van der Waals surface area contributed by atoms with Gasteiger partial charge in [0.05, 0.1) is 11.9 Å². The summed E-state index contributed by atoms with van der Waals surface area (Å²) in [7, 11) is 0. The summed E-state index contributed by atoms with van der Waals surface area (Å²) in [5.74, 6) is -0.410. The molecule has 1 aromatic carbocycles. The number of aromatic nitrogens is 1. The van der Waals surface area contributed by atoms with E-state index < -0.39 is 22.3 Å². The van der Waals surface area contributed by atoms with Gasteiger partial charge in [-0.05, 0) is 52.9 Å². The summed E-state index contributed by atoms with van der Waals surface area (Å²) in [4.78, 5) is 15.2. The number of rotatable bonds is 6. The van der Waals surface area contributed by atoms with E-state index in [4.69, 9.17) is 4.74 Å². The topological polar surface area (TPSA) is 79.3 Å². The minimum atomic E-state index is -2.30. The van der Waals surface area contributed by atoms with Crippen molar-refractivity contribution < 1.29 is 18.3 Å². The van der Waals surface area contributed by atoms with Gasteiger partial charge in [-0.2, -0.15) is 0 Å². The van der Waals surface area contributed by atoms with E-state index in [1.54, 1.807) is 61.8 Å². The number of pyridine rings is 1. The van der Waals surface area contributed by atoms with Gasteiger partial charge in [0.1, 0.15) is 0 Å². The molecule has 0 spiro atoms. The molecule has 0 N–H and O–H groups in total. The van der Waals surface area contributed by atoms with Crippen LogP contribution in [0.4, 0.5) is 0 Å². The molecular formula is C17H16NO4S-. The van der Waals surface area contributed by atoms with Crippen LogP contribution in [0.3, 0.4) is 0 Å². The Kier molecular flexibility index (Phi) is 6.19. The summed E-state index contributed by atoms with van der Waals surface area (Å²) >= 11 is -2.30. The molecule has 120 valence electrons.